The largest absolute Gasteiger partial charge is 0.497 e. The van der Waals surface area contributed by atoms with Crippen LogP contribution in [-0.4, -0.2) is 38.1 Å². The Morgan fingerprint density at radius 3 is 2.55 bits per heavy atom. The van der Waals surface area contributed by atoms with Gasteiger partial charge in [-0.3, -0.25) is 9.59 Å². The highest BCUT2D eigenvalue weighted by molar-refractivity contribution is 5.97. The zero-order valence-electron chi connectivity index (χ0n) is 19.1. The molecule has 1 aliphatic rings. The summed E-state index contributed by atoms with van der Waals surface area (Å²) in [5.74, 6) is 0.703. The Morgan fingerprint density at radius 1 is 1.09 bits per heavy atom. The number of carbonyl (C=O) groups is 2. The van der Waals surface area contributed by atoms with E-state index < -0.39 is 6.04 Å². The minimum Gasteiger partial charge on any atom is -0.497 e. The minimum atomic E-state index is -0.604. The average Bonchev–Trinajstić information content (AvgIpc) is 2.87. The molecule has 33 heavy (non-hydrogen) atoms. The van der Waals surface area contributed by atoms with E-state index in [1.54, 1.807) is 31.4 Å². The first kappa shape index (κ1) is 24.1. The maximum atomic E-state index is 13.0. The van der Waals surface area contributed by atoms with Gasteiger partial charge in [0.25, 0.3) is 5.91 Å². The molecule has 3 N–H and O–H groups in total. The first-order valence-corrected chi connectivity index (χ1v) is 11.6. The molecular weight excluding hydrogens is 416 g/mol. The SMILES string of the molecule is COc1ccc(NCCNC(=O)[C@H](CC2CCCCC2)NC(=O)c2cccc(C#N)c2)cc1. The number of rotatable bonds is 10. The van der Waals surface area contributed by atoms with Gasteiger partial charge in [0.05, 0.1) is 18.7 Å². The number of benzene rings is 2. The lowest BCUT2D eigenvalue weighted by atomic mass is 9.84. The smallest absolute Gasteiger partial charge is 0.251 e. The second-order valence-corrected chi connectivity index (χ2v) is 8.40. The van der Waals surface area contributed by atoms with Crippen LogP contribution in [0.25, 0.3) is 0 Å². The molecule has 174 valence electrons. The normalized spacial score (nSPS) is 14.5. The van der Waals surface area contributed by atoms with Crippen LogP contribution in [0.4, 0.5) is 5.69 Å². The molecule has 1 atom stereocenters. The number of amides is 2. The van der Waals surface area contributed by atoms with Gasteiger partial charge in [-0.05, 0) is 54.8 Å². The zero-order valence-corrected chi connectivity index (χ0v) is 19.1. The third-order valence-corrected chi connectivity index (χ3v) is 6.01. The molecule has 7 heteroatoms. The van der Waals surface area contributed by atoms with E-state index >= 15 is 0 Å². The van der Waals surface area contributed by atoms with E-state index in [-0.39, 0.29) is 11.8 Å². The van der Waals surface area contributed by atoms with Gasteiger partial charge in [-0.25, -0.2) is 0 Å². The maximum Gasteiger partial charge on any atom is 0.251 e. The molecule has 0 unspecified atom stereocenters. The van der Waals surface area contributed by atoms with E-state index in [0.717, 1.165) is 24.3 Å². The summed E-state index contributed by atoms with van der Waals surface area (Å²) in [6, 6.07) is 15.6. The molecular formula is C26H32N4O3. The predicted octanol–water partition coefficient (Wildman–Crippen LogP) is 3.86. The first-order chi connectivity index (χ1) is 16.1. The molecule has 0 radical (unpaired) electrons. The van der Waals surface area contributed by atoms with Crippen molar-refractivity contribution in [1.82, 2.24) is 10.6 Å². The third kappa shape index (κ3) is 7.53. The Balaban J connectivity index is 1.56. The number of nitriles is 1. The molecule has 1 saturated carbocycles. The van der Waals surface area contributed by atoms with Crippen molar-refractivity contribution in [3.8, 4) is 11.8 Å². The second-order valence-electron chi connectivity index (χ2n) is 8.40. The van der Waals surface area contributed by atoms with Gasteiger partial charge in [0.2, 0.25) is 5.91 Å². The molecule has 1 fully saturated rings. The quantitative estimate of drug-likeness (QED) is 0.479. The first-order valence-electron chi connectivity index (χ1n) is 11.6. The summed E-state index contributed by atoms with van der Waals surface area (Å²) in [4.78, 5) is 25.8. The van der Waals surface area contributed by atoms with Gasteiger partial charge in [-0.15, -0.1) is 0 Å². The second kappa shape index (κ2) is 12.5. The van der Waals surface area contributed by atoms with Crippen LogP contribution < -0.4 is 20.7 Å². The Hall–Kier alpha value is -3.53. The molecule has 3 rings (SSSR count). The van der Waals surface area contributed by atoms with Crippen molar-refractivity contribution in [2.45, 2.75) is 44.6 Å². The molecule has 1 aliphatic carbocycles. The zero-order chi connectivity index (χ0) is 23.5. The fraction of sp³-hybridized carbons (Fsp3) is 0.423. The van der Waals surface area contributed by atoms with Crippen molar-refractivity contribution in [1.29, 1.82) is 5.26 Å². The van der Waals surface area contributed by atoms with Gasteiger partial charge < -0.3 is 20.7 Å². The van der Waals surface area contributed by atoms with Crippen LogP contribution in [0.5, 0.6) is 5.75 Å². The summed E-state index contributed by atoms with van der Waals surface area (Å²) in [5.41, 5.74) is 1.74. The fourth-order valence-corrected chi connectivity index (χ4v) is 4.18. The van der Waals surface area contributed by atoms with E-state index in [1.807, 2.05) is 30.3 Å². The summed E-state index contributed by atoms with van der Waals surface area (Å²) in [5, 5.41) is 18.2. The number of hydrogen-bond acceptors (Lipinski definition) is 5. The summed E-state index contributed by atoms with van der Waals surface area (Å²) in [6.07, 6.45) is 6.37. The van der Waals surface area contributed by atoms with Crippen molar-refractivity contribution in [3.63, 3.8) is 0 Å². The van der Waals surface area contributed by atoms with E-state index in [0.29, 0.717) is 36.6 Å². The lowest BCUT2D eigenvalue weighted by Crippen LogP contribution is -2.48. The Kier molecular flexibility index (Phi) is 9.13. The summed E-state index contributed by atoms with van der Waals surface area (Å²) < 4.78 is 5.16. The van der Waals surface area contributed by atoms with Crippen LogP contribution in [0.15, 0.2) is 48.5 Å². The third-order valence-electron chi connectivity index (χ3n) is 6.01. The number of methoxy groups -OCH3 is 1. The molecule has 2 aromatic carbocycles. The number of nitrogens with one attached hydrogen (secondary N) is 3. The van der Waals surface area contributed by atoms with Crippen LogP contribution in [-0.2, 0) is 4.79 Å². The number of ether oxygens (including phenoxy) is 1. The summed E-state index contributed by atoms with van der Waals surface area (Å²) in [6.45, 7) is 0.998. The molecule has 2 aromatic rings. The van der Waals surface area contributed by atoms with Gasteiger partial charge in [-0.1, -0.05) is 38.2 Å². The number of carbonyl (C=O) groups excluding carboxylic acids is 2. The van der Waals surface area contributed by atoms with Gasteiger partial charge in [0, 0.05) is 24.3 Å². The number of nitrogens with zero attached hydrogens (tertiary/aromatic N) is 1. The van der Waals surface area contributed by atoms with Gasteiger partial charge in [0.15, 0.2) is 0 Å². The van der Waals surface area contributed by atoms with Crippen molar-refractivity contribution in [2.75, 3.05) is 25.5 Å². The van der Waals surface area contributed by atoms with Crippen molar-refractivity contribution in [2.24, 2.45) is 5.92 Å². The van der Waals surface area contributed by atoms with E-state index in [4.69, 9.17) is 10.00 Å². The Bertz CT molecular complexity index is 962. The molecule has 0 spiro atoms. The molecule has 0 heterocycles. The predicted molar refractivity (Wildman–Crippen MR) is 128 cm³/mol. The molecule has 0 bridgehead atoms. The van der Waals surface area contributed by atoms with Crippen LogP contribution in [0, 0.1) is 17.2 Å². The van der Waals surface area contributed by atoms with Crippen LogP contribution >= 0.6 is 0 Å². The minimum absolute atomic E-state index is 0.179. The number of hydrogen-bond donors (Lipinski definition) is 3. The van der Waals surface area contributed by atoms with E-state index in [1.165, 1.54) is 19.3 Å². The molecule has 0 saturated heterocycles. The van der Waals surface area contributed by atoms with Crippen LogP contribution in [0.1, 0.15) is 54.4 Å². The summed E-state index contributed by atoms with van der Waals surface area (Å²) in [7, 11) is 1.63. The highest BCUT2D eigenvalue weighted by atomic mass is 16.5. The summed E-state index contributed by atoms with van der Waals surface area (Å²) >= 11 is 0. The Morgan fingerprint density at radius 2 is 1.85 bits per heavy atom. The molecule has 2 amide bonds. The highest BCUT2D eigenvalue weighted by Crippen LogP contribution is 2.27. The average molecular weight is 449 g/mol. The maximum absolute atomic E-state index is 13.0. The lowest BCUT2D eigenvalue weighted by molar-refractivity contribution is -0.123. The molecule has 7 nitrogen and oxygen atoms in total. The topological polar surface area (TPSA) is 103 Å². The van der Waals surface area contributed by atoms with E-state index in [9.17, 15) is 9.59 Å². The van der Waals surface area contributed by atoms with E-state index in [2.05, 4.69) is 16.0 Å². The standard InChI is InChI=1S/C26H32N4O3/c1-33-23-12-10-22(11-13-23)28-14-15-29-26(32)24(17-19-6-3-2-4-7-19)30-25(31)21-9-5-8-20(16-21)18-27/h5,8-13,16,19,24,28H,2-4,6-7,14-15,17H2,1H3,(H,29,32)(H,30,31)/t24-/m0/s1. The lowest BCUT2D eigenvalue weighted by Gasteiger charge is -2.26. The van der Waals surface area contributed by atoms with Crippen molar-refractivity contribution in [3.05, 3.63) is 59.7 Å². The van der Waals surface area contributed by atoms with Gasteiger partial charge >= 0.3 is 0 Å². The molecule has 0 aliphatic heterocycles. The highest BCUT2D eigenvalue weighted by Gasteiger charge is 2.26. The van der Waals surface area contributed by atoms with Gasteiger partial charge in [0.1, 0.15) is 11.8 Å². The monoisotopic (exact) mass is 448 g/mol. The van der Waals surface area contributed by atoms with Crippen LogP contribution in [0.3, 0.4) is 0 Å². The number of anilines is 1. The van der Waals surface area contributed by atoms with Crippen LogP contribution in [0.2, 0.25) is 0 Å². The van der Waals surface area contributed by atoms with Crippen molar-refractivity contribution < 1.29 is 14.3 Å². The Labute approximate surface area is 195 Å². The molecule has 0 aromatic heterocycles. The fourth-order valence-electron chi connectivity index (χ4n) is 4.18. The van der Waals surface area contributed by atoms with Crippen molar-refractivity contribution >= 4 is 17.5 Å². The van der Waals surface area contributed by atoms with Gasteiger partial charge in [-0.2, -0.15) is 5.26 Å².